The zero-order valence-electron chi connectivity index (χ0n) is 8.07. The molecule has 0 saturated carbocycles. The lowest BCUT2D eigenvalue weighted by Gasteiger charge is -2.13. The molecule has 1 fully saturated rings. The van der Waals surface area contributed by atoms with Crippen molar-refractivity contribution in [3.63, 3.8) is 0 Å². The Bertz CT molecular complexity index is 410. The molecule has 6 heteroatoms. The molecule has 4 nitrogen and oxygen atoms in total. The summed E-state index contributed by atoms with van der Waals surface area (Å²) < 4.78 is 0.855. The van der Waals surface area contributed by atoms with Crippen molar-refractivity contribution in [3.05, 3.63) is 16.4 Å². The SMILES string of the molecule is Cc1nc(N2CC(Br)CC2=O)ncc1Br. The van der Waals surface area contributed by atoms with Crippen LogP contribution in [0.25, 0.3) is 0 Å². The minimum Gasteiger partial charge on any atom is -0.280 e. The molecule has 1 atom stereocenters. The number of carbonyl (C=O) groups excluding carboxylic acids is 1. The van der Waals surface area contributed by atoms with Crippen LogP contribution in [0.5, 0.6) is 0 Å². The van der Waals surface area contributed by atoms with Gasteiger partial charge in [0.05, 0.1) is 10.2 Å². The zero-order chi connectivity index (χ0) is 11.0. The molecule has 15 heavy (non-hydrogen) atoms. The van der Waals surface area contributed by atoms with E-state index in [0.717, 1.165) is 10.2 Å². The summed E-state index contributed by atoms with van der Waals surface area (Å²) in [5.41, 5.74) is 0.839. The van der Waals surface area contributed by atoms with E-state index in [0.29, 0.717) is 18.9 Å². The summed E-state index contributed by atoms with van der Waals surface area (Å²) in [6, 6.07) is 0. The summed E-state index contributed by atoms with van der Waals surface area (Å²) >= 11 is 6.75. The summed E-state index contributed by atoms with van der Waals surface area (Å²) in [7, 11) is 0. The van der Waals surface area contributed by atoms with Gasteiger partial charge in [0.25, 0.3) is 0 Å². The fourth-order valence-electron chi connectivity index (χ4n) is 1.43. The lowest BCUT2D eigenvalue weighted by molar-refractivity contribution is -0.117. The molecule has 1 aromatic rings. The Morgan fingerprint density at radius 2 is 2.33 bits per heavy atom. The van der Waals surface area contributed by atoms with Gasteiger partial charge in [0.1, 0.15) is 0 Å². The lowest BCUT2D eigenvalue weighted by Crippen LogP contribution is -2.26. The maximum absolute atomic E-state index is 11.6. The highest BCUT2D eigenvalue weighted by molar-refractivity contribution is 9.10. The van der Waals surface area contributed by atoms with Gasteiger partial charge in [-0.05, 0) is 22.9 Å². The van der Waals surface area contributed by atoms with E-state index in [1.54, 1.807) is 11.1 Å². The fraction of sp³-hybridized carbons (Fsp3) is 0.444. The quantitative estimate of drug-likeness (QED) is 0.738. The number of nitrogens with zero attached hydrogens (tertiary/aromatic N) is 3. The summed E-state index contributed by atoms with van der Waals surface area (Å²) in [4.78, 5) is 21.8. The van der Waals surface area contributed by atoms with E-state index in [1.807, 2.05) is 6.92 Å². The first kappa shape index (κ1) is 11.0. The predicted octanol–water partition coefficient (Wildman–Crippen LogP) is 2.05. The highest BCUT2D eigenvalue weighted by Gasteiger charge is 2.30. The Morgan fingerprint density at radius 3 is 2.87 bits per heavy atom. The van der Waals surface area contributed by atoms with Gasteiger partial charge in [0.2, 0.25) is 11.9 Å². The molecular formula is C9H9Br2N3O. The van der Waals surface area contributed by atoms with Gasteiger partial charge in [-0.25, -0.2) is 9.97 Å². The van der Waals surface area contributed by atoms with Crippen molar-refractivity contribution in [2.45, 2.75) is 18.2 Å². The zero-order valence-corrected chi connectivity index (χ0v) is 11.2. The van der Waals surface area contributed by atoms with Gasteiger partial charge >= 0.3 is 0 Å². The molecule has 0 spiro atoms. The second-order valence-electron chi connectivity index (χ2n) is 3.41. The van der Waals surface area contributed by atoms with E-state index in [4.69, 9.17) is 0 Å². The highest BCUT2D eigenvalue weighted by Crippen LogP contribution is 2.23. The van der Waals surface area contributed by atoms with Crippen LogP contribution >= 0.6 is 31.9 Å². The third-order valence-corrected chi connectivity index (χ3v) is 3.62. The molecular weight excluding hydrogens is 326 g/mol. The fourth-order valence-corrected chi connectivity index (χ4v) is 2.19. The van der Waals surface area contributed by atoms with Crippen molar-refractivity contribution in [1.82, 2.24) is 9.97 Å². The van der Waals surface area contributed by atoms with Crippen molar-refractivity contribution in [1.29, 1.82) is 0 Å². The molecule has 1 aliphatic rings. The molecule has 1 amide bonds. The van der Waals surface area contributed by atoms with E-state index in [9.17, 15) is 4.79 Å². The average Bonchev–Trinajstić information content (AvgIpc) is 2.50. The van der Waals surface area contributed by atoms with Crippen molar-refractivity contribution in [2.24, 2.45) is 0 Å². The number of anilines is 1. The van der Waals surface area contributed by atoms with Gasteiger partial charge in [-0.15, -0.1) is 0 Å². The molecule has 1 aromatic heterocycles. The van der Waals surface area contributed by atoms with Crippen LogP contribution in [0.2, 0.25) is 0 Å². The van der Waals surface area contributed by atoms with E-state index in [1.165, 1.54) is 0 Å². The van der Waals surface area contributed by atoms with Gasteiger partial charge in [-0.1, -0.05) is 15.9 Å². The summed E-state index contributed by atoms with van der Waals surface area (Å²) in [5.74, 6) is 0.557. The number of hydrogen-bond acceptors (Lipinski definition) is 3. The Labute approximate surface area is 104 Å². The van der Waals surface area contributed by atoms with E-state index < -0.39 is 0 Å². The van der Waals surface area contributed by atoms with Gasteiger partial charge < -0.3 is 0 Å². The molecule has 2 heterocycles. The van der Waals surface area contributed by atoms with Crippen molar-refractivity contribution in [2.75, 3.05) is 11.4 Å². The number of aryl methyl sites for hydroxylation is 1. The Kier molecular flexibility index (Phi) is 3.06. The summed E-state index contributed by atoms with van der Waals surface area (Å²) in [6.07, 6.45) is 2.19. The van der Waals surface area contributed by atoms with Crippen molar-refractivity contribution in [3.8, 4) is 0 Å². The topological polar surface area (TPSA) is 46.1 Å². The Balaban J connectivity index is 2.30. The third kappa shape index (κ3) is 2.20. The first-order valence-electron chi connectivity index (χ1n) is 4.51. The number of halogens is 2. The monoisotopic (exact) mass is 333 g/mol. The molecule has 1 aliphatic heterocycles. The summed E-state index contributed by atoms with van der Waals surface area (Å²) in [6.45, 7) is 2.52. The second-order valence-corrected chi connectivity index (χ2v) is 5.56. The highest BCUT2D eigenvalue weighted by atomic mass is 79.9. The summed E-state index contributed by atoms with van der Waals surface area (Å²) in [5, 5.41) is 0. The maximum atomic E-state index is 11.6. The van der Waals surface area contributed by atoms with Crippen molar-refractivity contribution < 1.29 is 4.79 Å². The van der Waals surface area contributed by atoms with Crippen LogP contribution in [0.15, 0.2) is 10.7 Å². The third-order valence-electron chi connectivity index (χ3n) is 2.23. The predicted molar refractivity (Wildman–Crippen MR) is 64.2 cm³/mol. The number of carbonyl (C=O) groups is 1. The molecule has 0 aliphatic carbocycles. The van der Waals surface area contributed by atoms with Gasteiger partial charge in [-0.2, -0.15) is 0 Å². The normalized spacial score (nSPS) is 21.1. The number of alkyl halides is 1. The van der Waals surface area contributed by atoms with E-state index in [2.05, 4.69) is 41.8 Å². The molecule has 0 aromatic carbocycles. The molecule has 1 saturated heterocycles. The minimum absolute atomic E-state index is 0.0681. The molecule has 0 radical (unpaired) electrons. The second kappa shape index (κ2) is 4.17. The van der Waals surface area contributed by atoms with Crippen LogP contribution in [0.3, 0.4) is 0 Å². The van der Waals surface area contributed by atoms with Gasteiger partial charge in [0.15, 0.2) is 0 Å². The van der Waals surface area contributed by atoms with E-state index in [-0.39, 0.29) is 10.7 Å². The van der Waals surface area contributed by atoms with Crippen LogP contribution in [0.4, 0.5) is 5.95 Å². The number of amides is 1. The number of rotatable bonds is 1. The number of aromatic nitrogens is 2. The Morgan fingerprint density at radius 1 is 1.60 bits per heavy atom. The van der Waals surface area contributed by atoms with Gasteiger partial charge in [0, 0.05) is 24.0 Å². The lowest BCUT2D eigenvalue weighted by atomic mass is 10.4. The minimum atomic E-state index is 0.0681. The van der Waals surface area contributed by atoms with Crippen LogP contribution in [-0.4, -0.2) is 27.2 Å². The van der Waals surface area contributed by atoms with Crippen LogP contribution < -0.4 is 4.90 Å². The first-order chi connectivity index (χ1) is 7.08. The van der Waals surface area contributed by atoms with Gasteiger partial charge in [-0.3, -0.25) is 9.69 Å². The molecule has 2 rings (SSSR count). The Hall–Kier alpha value is -0.490. The smallest absolute Gasteiger partial charge is 0.232 e. The van der Waals surface area contributed by atoms with Crippen molar-refractivity contribution >= 4 is 43.7 Å². The van der Waals surface area contributed by atoms with Crippen LogP contribution in [-0.2, 0) is 4.79 Å². The largest absolute Gasteiger partial charge is 0.280 e. The van der Waals surface area contributed by atoms with E-state index >= 15 is 0 Å². The van der Waals surface area contributed by atoms with Crippen LogP contribution in [0.1, 0.15) is 12.1 Å². The first-order valence-corrected chi connectivity index (χ1v) is 6.22. The molecule has 1 unspecified atom stereocenters. The standard InChI is InChI=1S/C9H9Br2N3O/c1-5-7(11)3-12-9(13-5)14-4-6(10)2-8(14)15/h3,6H,2,4H2,1H3. The molecule has 0 N–H and O–H groups in total. The molecule has 0 bridgehead atoms. The van der Waals surface area contributed by atoms with Crippen LogP contribution in [0, 0.1) is 6.92 Å². The average molecular weight is 335 g/mol. The maximum Gasteiger partial charge on any atom is 0.232 e. The number of hydrogen-bond donors (Lipinski definition) is 0. The molecule has 80 valence electrons.